The zero-order valence-corrected chi connectivity index (χ0v) is 11.0. The summed E-state index contributed by atoms with van der Waals surface area (Å²) < 4.78 is 23.0. The van der Waals surface area contributed by atoms with E-state index in [1.165, 1.54) is 0 Å². The molecule has 0 radical (unpaired) electrons. The molecular formula is C13H16N2O2S. The molecule has 1 aromatic carbocycles. The second-order valence-electron chi connectivity index (χ2n) is 4.55. The van der Waals surface area contributed by atoms with E-state index in [4.69, 9.17) is 5.26 Å². The lowest BCUT2D eigenvalue weighted by atomic mass is 10.1. The molecular weight excluding hydrogens is 248 g/mol. The minimum atomic E-state index is -2.87. The van der Waals surface area contributed by atoms with E-state index in [-0.39, 0.29) is 11.5 Å². The molecule has 4 nitrogen and oxygen atoms in total. The van der Waals surface area contributed by atoms with Crippen molar-refractivity contribution in [2.75, 3.05) is 24.6 Å². The molecule has 0 aromatic heterocycles. The Labute approximate surface area is 108 Å². The van der Waals surface area contributed by atoms with Crippen LogP contribution in [0.2, 0.25) is 0 Å². The van der Waals surface area contributed by atoms with Crippen LogP contribution < -0.4 is 0 Å². The fraction of sp³-hybridized carbons (Fsp3) is 0.462. The van der Waals surface area contributed by atoms with Crippen molar-refractivity contribution < 1.29 is 8.42 Å². The van der Waals surface area contributed by atoms with Gasteiger partial charge in [0.2, 0.25) is 0 Å². The quantitative estimate of drug-likeness (QED) is 0.804. The summed E-state index contributed by atoms with van der Waals surface area (Å²) in [7, 11) is -2.87. The van der Waals surface area contributed by atoms with Crippen molar-refractivity contribution in [3.8, 4) is 6.07 Å². The molecule has 1 saturated heterocycles. The van der Waals surface area contributed by atoms with Crippen LogP contribution in [0.3, 0.4) is 0 Å². The summed E-state index contributed by atoms with van der Waals surface area (Å²) >= 11 is 0. The van der Waals surface area contributed by atoms with Crippen LogP contribution in [-0.4, -0.2) is 37.9 Å². The van der Waals surface area contributed by atoms with Crippen LogP contribution in [0.5, 0.6) is 0 Å². The third kappa shape index (κ3) is 3.31. The number of hydrogen-bond donors (Lipinski definition) is 0. The van der Waals surface area contributed by atoms with Crippen molar-refractivity contribution in [3.05, 3.63) is 35.4 Å². The maximum absolute atomic E-state index is 11.5. The second-order valence-corrected chi connectivity index (χ2v) is 6.85. The van der Waals surface area contributed by atoms with Gasteiger partial charge in [-0.3, -0.25) is 4.90 Å². The molecule has 2 rings (SSSR count). The lowest BCUT2D eigenvalue weighted by Gasteiger charge is -2.19. The number of sulfone groups is 1. The summed E-state index contributed by atoms with van der Waals surface area (Å²) in [5.41, 5.74) is 1.64. The first-order valence-corrected chi connectivity index (χ1v) is 7.84. The number of nitriles is 1. The summed E-state index contributed by atoms with van der Waals surface area (Å²) in [6.45, 7) is 1.99. The fourth-order valence-electron chi connectivity index (χ4n) is 2.16. The molecule has 0 saturated carbocycles. The minimum Gasteiger partial charge on any atom is -0.298 e. The Balaban J connectivity index is 2.08. The van der Waals surface area contributed by atoms with Crippen LogP contribution in [0.1, 0.15) is 17.5 Å². The van der Waals surface area contributed by atoms with Gasteiger partial charge in [-0.25, -0.2) is 8.42 Å². The van der Waals surface area contributed by atoms with E-state index in [0.717, 1.165) is 12.1 Å². The van der Waals surface area contributed by atoms with Crippen LogP contribution >= 0.6 is 0 Å². The predicted molar refractivity (Wildman–Crippen MR) is 69.7 cm³/mol. The summed E-state index contributed by atoms with van der Waals surface area (Å²) in [4.78, 5) is 2.11. The average molecular weight is 264 g/mol. The van der Waals surface area contributed by atoms with Gasteiger partial charge in [-0.1, -0.05) is 18.2 Å². The Morgan fingerprint density at radius 3 is 2.78 bits per heavy atom. The molecule has 0 spiro atoms. The van der Waals surface area contributed by atoms with Gasteiger partial charge in [-0.15, -0.1) is 0 Å². The molecule has 96 valence electrons. The van der Waals surface area contributed by atoms with Crippen molar-refractivity contribution in [2.45, 2.75) is 13.0 Å². The molecule has 1 aromatic rings. The maximum atomic E-state index is 11.5. The van der Waals surface area contributed by atoms with Crippen molar-refractivity contribution in [1.82, 2.24) is 4.90 Å². The van der Waals surface area contributed by atoms with Gasteiger partial charge in [-0.2, -0.15) is 5.26 Å². The Hall–Kier alpha value is -1.38. The minimum absolute atomic E-state index is 0.224. The summed E-state index contributed by atoms with van der Waals surface area (Å²) in [6, 6.07) is 9.65. The number of nitrogens with zero attached hydrogens (tertiary/aromatic N) is 2. The topological polar surface area (TPSA) is 61.2 Å². The summed E-state index contributed by atoms with van der Waals surface area (Å²) in [5.74, 6) is 0.505. The molecule has 5 heteroatoms. The predicted octanol–water partition coefficient (Wildman–Crippen LogP) is 1.18. The van der Waals surface area contributed by atoms with E-state index in [1.54, 1.807) is 6.07 Å². The van der Waals surface area contributed by atoms with Gasteiger partial charge in [0, 0.05) is 13.1 Å². The molecule has 1 heterocycles. The first kappa shape index (κ1) is 13.1. The van der Waals surface area contributed by atoms with Crippen LogP contribution in [0.4, 0.5) is 0 Å². The van der Waals surface area contributed by atoms with Crippen LogP contribution in [-0.2, 0) is 16.4 Å². The van der Waals surface area contributed by atoms with Crippen molar-refractivity contribution in [2.24, 2.45) is 0 Å². The smallest absolute Gasteiger partial charge is 0.151 e. The molecule has 1 aliphatic rings. The normalized spacial score (nSPS) is 19.9. The van der Waals surface area contributed by atoms with Gasteiger partial charge in [0.1, 0.15) is 0 Å². The number of benzene rings is 1. The Morgan fingerprint density at radius 1 is 1.22 bits per heavy atom. The van der Waals surface area contributed by atoms with Gasteiger partial charge in [0.15, 0.2) is 9.84 Å². The Morgan fingerprint density at radius 2 is 2.00 bits per heavy atom. The molecule has 0 N–H and O–H groups in total. The highest BCUT2D eigenvalue weighted by Gasteiger charge is 2.19. The van der Waals surface area contributed by atoms with E-state index in [2.05, 4.69) is 11.0 Å². The highest BCUT2D eigenvalue weighted by atomic mass is 32.2. The fourth-order valence-corrected chi connectivity index (χ4v) is 3.47. The number of rotatable bonds is 2. The van der Waals surface area contributed by atoms with E-state index in [1.807, 2.05) is 18.2 Å². The molecule has 0 atom stereocenters. The molecule has 1 fully saturated rings. The van der Waals surface area contributed by atoms with Gasteiger partial charge in [0.05, 0.1) is 23.1 Å². The molecule has 0 aliphatic carbocycles. The lowest BCUT2D eigenvalue weighted by molar-refractivity contribution is 0.287. The Bertz CT molecular complexity index is 561. The van der Waals surface area contributed by atoms with Crippen molar-refractivity contribution in [3.63, 3.8) is 0 Å². The SMILES string of the molecule is N#Cc1ccccc1CN1CCCS(=O)(=O)CC1. The third-order valence-electron chi connectivity index (χ3n) is 3.18. The zero-order chi connectivity index (χ0) is 13.0. The van der Waals surface area contributed by atoms with Crippen molar-refractivity contribution in [1.29, 1.82) is 5.26 Å². The monoisotopic (exact) mass is 264 g/mol. The van der Waals surface area contributed by atoms with Crippen LogP contribution in [0.25, 0.3) is 0 Å². The Kier molecular flexibility index (Phi) is 4.00. The van der Waals surface area contributed by atoms with E-state index in [0.29, 0.717) is 25.1 Å². The first-order valence-electron chi connectivity index (χ1n) is 6.01. The summed E-state index contributed by atoms with van der Waals surface area (Å²) in [5, 5.41) is 9.02. The molecule has 1 aliphatic heterocycles. The number of hydrogen-bond acceptors (Lipinski definition) is 4. The van der Waals surface area contributed by atoms with E-state index < -0.39 is 9.84 Å². The standard InChI is InChI=1S/C13H16N2O2S/c14-10-12-4-1-2-5-13(12)11-15-6-3-8-18(16,17)9-7-15/h1-2,4-5H,3,6-9,11H2. The molecule has 0 amide bonds. The maximum Gasteiger partial charge on any atom is 0.151 e. The van der Waals surface area contributed by atoms with Crippen LogP contribution in [0.15, 0.2) is 24.3 Å². The largest absolute Gasteiger partial charge is 0.298 e. The average Bonchev–Trinajstić information content (AvgIpc) is 2.52. The van der Waals surface area contributed by atoms with E-state index in [9.17, 15) is 8.42 Å². The molecule has 18 heavy (non-hydrogen) atoms. The first-order chi connectivity index (χ1) is 8.61. The lowest BCUT2D eigenvalue weighted by Crippen LogP contribution is -2.26. The van der Waals surface area contributed by atoms with Crippen molar-refractivity contribution >= 4 is 9.84 Å². The highest BCUT2D eigenvalue weighted by Crippen LogP contribution is 2.13. The van der Waals surface area contributed by atoms with Gasteiger partial charge in [-0.05, 0) is 24.6 Å². The highest BCUT2D eigenvalue weighted by molar-refractivity contribution is 7.91. The molecule has 0 bridgehead atoms. The second kappa shape index (κ2) is 5.51. The van der Waals surface area contributed by atoms with E-state index >= 15 is 0 Å². The van der Waals surface area contributed by atoms with Crippen LogP contribution in [0, 0.1) is 11.3 Å². The van der Waals surface area contributed by atoms with Gasteiger partial charge >= 0.3 is 0 Å². The molecule has 0 unspecified atom stereocenters. The van der Waals surface area contributed by atoms with Gasteiger partial charge in [0.25, 0.3) is 0 Å². The van der Waals surface area contributed by atoms with Gasteiger partial charge < -0.3 is 0 Å². The zero-order valence-electron chi connectivity index (χ0n) is 10.2. The third-order valence-corrected chi connectivity index (χ3v) is 4.90. The summed E-state index contributed by atoms with van der Waals surface area (Å²) in [6.07, 6.45) is 0.678.